The van der Waals surface area contributed by atoms with Gasteiger partial charge in [0.25, 0.3) is 0 Å². The van der Waals surface area contributed by atoms with Gasteiger partial charge in [0.05, 0.1) is 19.8 Å². The first kappa shape index (κ1) is 19.8. The van der Waals surface area contributed by atoms with Crippen LogP contribution < -0.4 is 0 Å². The Kier molecular flexibility index (Phi) is 9.31. The van der Waals surface area contributed by atoms with Gasteiger partial charge in [-0.05, 0) is 6.92 Å². The smallest absolute Gasteiger partial charge is 0.435 e. The van der Waals surface area contributed by atoms with E-state index >= 15 is 0 Å². The van der Waals surface area contributed by atoms with Crippen LogP contribution in [0.1, 0.15) is 6.92 Å². The third-order valence-electron chi connectivity index (χ3n) is 2.45. The predicted molar refractivity (Wildman–Crippen MR) is 73.3 cm³/mol. The lowest BCUT2D eigenvalue weighted by Crippen LogP contribution is -2.26. The number of carbonyl (C=O) groups excluding carboxylic acids is 3. The van der Waals surface area contributed by atoms with Gasteiger partial charge in [0.2, 0.25) is 0 Å². The van der Waals surface area contributed by atoms with E-state index in [1.54, 1.807) is 6.92 Å². The van der Waals surface area contributed by atoms with Crippen molar-refractivity contribution in [2.45, 2.75) is 19.1 Å². The highest BCUT2D eigenvalue weighted by atomic mass is 16.8. The van der Waals surface area contributed by atoms with E-state index < -0.39 is 37.3 Å². The van der Waals surface area contributed by atoms with Gasteiger partial charge in [-0.15, -0.1) is 0 Å². The minimum Gasteiger partial charge on any atom is -0.435 e. The highest BCUT2D eigenvalue weighted by molar-refractivity contribution is 5.61. The molecule has 1 rings (SSSR count). The number of aliphatic hydroxyl groups is 1. The van der Waals surface area contributed by atoms with E-state index in [0.29, 0.717) is 0 Å². The second-order valence-corrected chi connectivity index (χ2v) is 4.43. The van der Waals surface area contributed by atoms with Crippen molar-refractivity contribution >= 4 is 18.5 Å². The molecule has 0 saturated carbocycles. The van der Waals surface area contributed by atoms with Gasteiger partial charge in [0, 0.05) is 0 Å². The molecule has 138 valence electrons. The van der Waals surface area contributed by atoms with Crippen molar-refractivity contribution < 1.29 is 52.6 Å². The molecule has 0 bridgehead atoms. The normalized spacial score (nSPS) is 17.4. The number of carbonyl (C=O) groups is 3. The van der Waals surface area contributed by atoms with E-state index in [0.717, 1.165) is 0 Å². The third kappa shape index (κ3) is 9.00. The van der Waals surface area contributed by atoms with Gasteiger partial charge in [-0.2, -0.15) is 0 Å². The molecule has 0 radical (unpaired) electrons. The zero-order valence-corrected chi connectivity index (χ0v) is 13.1. The number of hydrogen-bond acceptors (Lipinski definition) is 11. The lowest BCUT2D eigenvalue weighted by molar-refractivity contribution is -0.0248. The Morgan fingerprint density at radius 3 is 2.42 bits per heavy atom. The van der Waals surface area contributed by atoms with Crippen LogP contribution in [-0.4, -0.2) is 82.0 Å². The molecule has 1 saturated heterocycles. The average Bonchev–Trinajstić information content (AvgIpc) is 2.96. The highest BCUT2D eigenvalue weighted by Crippen LogP contribution is 2.05. The SMILES string of the molecule is CCOC(=O)OCC(O)COC(=O)OCCOCC1COC(=O)O1. The van der Waals surface area contributed by atoms with Gasteiger partial charge in [-0.1, -0.05) is 0 Å². The summed E-state index contributed by atoms with van der Waals surface area (Å²) < 4.78 is 32.7. The molecule has 0 aromatic heterocycles. The summed E-state index contributed by atoms with van der Waals surface area (Å²) in [6.07, 6.45) is -4.35. The van der Waals surface area contributed by atoms with Crippen molar-refractivity contribution in [3.05, 3.63) is 0 Å². The fourth-order valence-corrected chi connectivity index (χ4v) is 1.42. The molecule has 1 fully saturated rings. The fourth-order valence-electron chi connectivity index (χ4n) is 1.42. The molecule has 2 unspecified atom stereocenters. The quantitative estimate of drug-likeness (QED) is 0.328. The molecule has 0 aromatic carbocycles. The van der Waals surface area contributed by atoms with Gasteiger partial charge in [-0.25, -0.2) is 14.4 Å². The van der Waals surface area contributed by atoms with Crippen LogP contribution in [0.3, 0.4) is 0 Å². The first-order valence-corrected chi connectivity index (χ1v) is 7.19. The molecular weight excluding hydrogens is 332 g/mol. The second-order valence-electron chi connectivity index (χ2n) is 4.43. The molecule has 1 aliphatic heterocycles. The van der Waals surface area contributed by atoms with Crippen LogP contribution in [0, 0.1) is 0 Å². The third-order valence-corrected chi connectivity index (χ3v) is 2.45. The maximum absolute atomic E-state index is 11.2. The minimum absolute atomic E-state index is 0.0671. The minimum atomic E-state index is -1.20. The van der Waals surface area contributed by atoms with Crippen LogP contribution in [0.2, 0.25) is 0 Å². The Balaban J connectivity index is 1.95. The zero-order valence-electron chi connectivity index (χ0n) is 13.1. The number of hydrogen-bond donors (Lipinski definition) is 1. The van der Waals surface area contributed by atoms with E-state index in [4.69, 9.17) is 9.47 Å². The number of ether oxygens (including phenoxy) is 7. The molecule has 1 heterocycles. The monoisotopic (exact) mass is 352 g/mol. The summed E-state index contributed by atoms with van der Waals surface area (Å²) in [5.41, 5.74) is 0. The molecule has 1 aliphatic rings. The van der Waals surface area contributed by atoms with Crippen LogP contribution >= 0.6 is 0 Å². The first-order valence-electron chi connectivity index (χ1n) is 7.19. The lowest BCUT2D eigenvalue weighted by Gasteiger charge is -2.12. The van der Waals surface area contributed by atoms with Crippen LogP contribution in [-0.2, 0) is 33.2 Å². The Labute approximate surface area is 137 Å². The van der Waals surface area contributed by atoms with Crippen LogP contribution in [0.5, 0.6) is 0 Å². The molecule has 11 nitrogen and oxygen atoms in total. The van der Waals surface area contributed by atoms with Crippen LogP contribution in [0.4, 0.5) is 14.4 Å². The summed E-state index contributed by atoms with van der Waals surface area (Å²) in [4.78, 5) is 32.7. The molecule has 0 spiro atoms. The Morgan fingerprint density at radius 2 is 1.83 bits per heavy atom. The lowest BCUT2D eigenvalue weighted by atomic mass is 10.4. The number of aliphatic hydroxyl groups excluding tert-OH is 1. The standard InChI is InChI=1S/C13H20O11/c1-2-19-11(15)21-5-9(14)6-22-12(16)20-4-3-18-7-10-8-23-13(17)24-10/h9-10,14H,2-8H2,1H3. The van der Waals surface area contributed by atoms with Crippen LogP contribution in [0.15, 0.2) is 0 Å². The first-order chi connectivity index (χ1) is 11.5. The van der Waals surface area contributed by atoms with Gasteiger partial charge in [0.15, 0.2) is 6.10 Å². The predicted octanol–water partition coefficient (Wildman–Crippen LogP) is 0.226. The van der Waals surface area contributed by atoms with Crippen LogP contribution in [0.25, 0.3) is 0 Å². The maximum atomic E-state index is 11.2. The van der Waals surface area contributed by atoms with Gasteiger partial charge < -0.3 is 38.3 Å². The topological polar surface area (TPSA) is 136 Å². The van der Waals surface area contributed by atoms with Gasteiger partial charge in [0.1, 0.15) is 32.5 Å². The number of cyclic esters (lactones) is 2. The summed E-state index contributed by atoms with van der Waals surface area (Å²) >= 11 is 0. The Hall–Kier alpha value is -2.27. The van der Waals surface area contributed by atoms with E-state index in [2.05, 4.69) is 23.7 Å². The summed E-state index contributed by atoms with van der Waals surface area (Å²) in [5.74, 6) is 0. The van der Waals surface area contributed by atoms with Gasteiger partial charge >= 0.3 is 18.5 Å². The summed E-state index contributed by atoms with van der Waals surface area (Å²) in [7, 11) is 0. The summed E-state index contributed by atoms with van der Waals surface area (Å²) in [6.45, 7) is 1.19. The van der Waals surface area contributed by atoms with Gasteiger partial charge in [-0.3, -0.25) is 0 Å². The largest absolute Gasteiger partial charge is 0.508 e. The Morgan fingerprint density at radius 1 is 1.17 bits per heavy atom. The molecular formula is C13H20O11. The van der Waals surface area contributed by atoms with E-state index in [1.165, 1.54) is 0 Å². The molecule has 2 atom stereocenters. The van der Waals surface area contributed by atoms with Crippen molar-refractivity contribution in [1.82, 2.24) is 0 Å². The Bertz CT molecular complexity index is 411. The average molecular weight is 352 g/mol. The van der Waals surface area contributed by atoms with Crippen molar-refractivity contribution in [1.29, 1.82) is 0 Å². The van der Waals surface area contributed by atoms with Crippen molar-refractivity contribution in [2.75, 3.05) is 46.2 Å². The fraction of sp³-hybridized carbons (Fsp3) is 0.769. The summed E-state index contributed by atoms with van der Waals surface area (Å²) in [6, 6.07) is 0. The maximum Gasteiger partial charge on any atom is 0.508 e. The molecule has 0 aliphatic carbocycles. The molecule has 24 heavy (non-hydrogen) atoms. The molecule has 0 amide bonds. The molecule has 11 heteroatoms. The summed E-state index contributed by atoms with van der Waals surface area (Å²) in [5, 5.41) is 9.42. The highest BCUT2D eigenvalue weighted by Gasteiger charge is 2.24. The van der Waals surface area contributed by atoms with E-state index in [-0.39, 0.29) is 39.6 Å². The number of rotatable bonds is 10. The second kappa shape index (κ2) is 11.3. The van der Waals surface area contributed by atoms with Crippen molar-refractivity contribution in [2.24, 2.45) is 0 Å². The van der Waals surface area contributed by atoms with E-state index in [9.17, 15) is 19.5 Å². The zero-order chi connectivity index (χ0) is 17.8. The molecule has 0 aromatic rings. The van der Waals surface area contributed by atoms with Crippen molar-refractivity contribution in [3.63, 3.8) is 0 Å². The van der Waals surface area contributed by atoms with E-state index in [1.807, 2.05) is 0 Å². The van der Waals surface area contributed by atoms with Crippen molar-refractivity contribution in [3.8, 4) is 0 Å². The molecule has 1 N–H and O–H groups in total.